The van der Waals surface area contributed by atoms with Crippen LogP contribution in [0.5, 0.6) is 0 Å². The van der Waals surface area contributed by atoms with Gasteiger partial charge in [-0.3, -0.25) is 9.52 Å². The van der Waals surface area contributed by atoms with E-state index in [2.05, 4.69) is 10.0 Å². The van der Waals surface area contributed by atoms with Crippen LogP contribution in [0.1, 0.15) is 16.1 Å². The van der Waals surface area contributed by atoms with E-state index in [0.29, 0.717) is 22.0 Å². The Morgan fingerprint density at radius 2 is 1.85 bits per heavy atom. The van der Waals surface area contributed by atoms with Crippen molar-refractivity contribution in [1.82, 2.24) is 0 Å². The lowest BCUT2D eigenvalue weighted by molar-refractivity contribution is 0.0996. The van der Waals surface area contributed by atoms with Crippen molar-refractivity contribution < 1.29 is 17.6 Å². The Hall–Kier alpha value is -2.77. The molecule has 0 saturated heterocycles. The lowest BCUT2D eigenvalue weighted by Gasteiger charge is -2.12. The maximum absolute atomic E-state index is 12.7. The van der Waals surface area contributed by atoms with Gasteiger partial charge in [-0.15, -0.1) is 0 Å². The van der Waals surface area contributed by atoms with Gasteiger partial charge in [-0.1, -0.05) is 23.7 Å². The molecule has 0 aliphatic carbocycles. The van der Waals surface area contributed by atoms with Crippen LogP contribution in [0.2, 0.25) is 5.02 Å². The summed E-state index contributed by atoms with van der Waals surface area (Å²) >= 11 is 5.89. The summed E-state index contributed by atoms with van der Waals surface area (Å²) in [6, 6.07) is 14.1. The summed E-state index contributed by atoms with van der Waals surface area (Å²) in [5.74, 6) is -0.336. The van der Waals surface area contributed by atoms with Crippen molar-refractivity contribution in [2.75, 3.05) is 10.0 Å². The fourth-order valence-corrected chi connectivity index (χ4v) is 3.84. The molecule has 0 spiro atoms. The van der Waals surface area contributed by atoms with Gasteiger partial charge in [0.15, 0.2) is 5.76 Å². The number of hydrogen-bond acceptors (Lipinski definition) is 4. The second kappa shape index (κ2) is 7.23. The normalized spacial score (nSPS) is 11.2. The monoisotopic (exact) mass is 390 g/mol. The highest BCUT2D eigenvalue weighted by Crippen LogP contribution is 2.24. The standard InChI is InChI=1S/C18H15ClN2O4S/c1-12-7-8-14(20-18(22)16-6-3-9-25-16)11-17(12)26(23,24)21-15-5-2-4-13(19)10-15/h2-11,21H,1H3,(H,20,22). The third-order valence-electron chi connectivity index (χ3n) is 3.56. The Morgan fingerprint density at radius 3 is 2.54 bits per heavy atom. The molecule has 6 nitrogen and oxygen atoms in total. The van der Waals surface area contributed by atoms with Crippen LogP contribution in [0.4, 0.5) is 11.4 Å². The number of anilines is 2. The lowest BCUT2D eigenvalue weighted by atomic mass is 10.2. The first kappa shape index (κ1) is 18.0. The molecule has 1 heterocycles. The minimum absolute atomic E-state index is 0.0507. The average molecular weight is 391 g/mol. The zero-order valence-corrected chi connectivity index (χ0v) is 15.3. The molecule has 134 valence electrons. The molecule has 26 heavy (non-hydrogen) atoms. The number of furan rings is 1. The average Bonchev–Trinajstić information content (AvgIpc) is 3.10. The zero-order valence-electron chi connectivity index (χ0n) is 13.7. The number of carbonyl (C=O) groups is 1. The lowest BCUT2D eigenvalue weighted by Crippen LogP contribution is -2.16. The molecule has 0 unspecified atom stereocenters. The highest BCUT2D eigenvalue weighted by Gasteiger charge is 2.19. The summed E-state index contributed by atoms with van der Waals surface area (Å²) in [5.41, 5.74) is 1.22. The third-order valence-corrected chi connectivity index (χ3v) is 5.32. The minimum atomic E-state index is -3.86. The number of nitrogens with one attached hydrogen (secondary N) is 2. The van der Waals surface area contributed by atoms with Crippen molar-refractivity contribution >= 4 is 38.9 Å². The van der Waals surface area contributed by atoms with Crippen molar-refractivity contribution in [2.24, 2.45) is 0 Å². The second-order valence-electron chi connectivity index (χ2n) is 5.53. The van der Waals surface area contributed by atoms with E-state index >= 15 is 0 Å². The first-order chi connectivity index (χ1) is 12.3. The quantitative estimate of drug-likeness (QED) is 0.680. The Labute approximate surface area is 155 Å². The van der Waals surface area contributed by atoms with E-state index in [1.165, 1.54) is 24.5 Å². The van der Waals surface area contributed by atoms with Gasteiger partial charge in [-0.2, -0.15) is 0 Å². The van der Waals surface area contributed by atoms with E-state index in [1.54, 1.807) is 43.3 Å². The molecule has 1 aromatic heterocycles. The molecular formula is C18H15ClN2O4S. The van der Waals surface area contributed by atoms with Crippen LogP contribution in [0.25, 0.3) is 0 Å². The summed E-state index contributed by atoms with van der Waals surface area (Å²) in [4.78, 5) is 12.1. The van der Waals surface area contributed by atoms with Gasteiger partial charge in [0.1, 0.15) is 0 Å². The molecule has 2 N–H and O–H groups in total. The molecule has 0 aliphatic heterocycles. The molecule has 8 heteroatoms. The molecule has 0 saturated carbocycles. The zero-order chi connectivity index (χ0) is 18.7. The molecule has 2 aromatic carbocycles. The largest absolute Gasteiger partial charge is 0.459 e. The number of halogens is 1. The predicted molar refractivity (Wildman–Crippen MR) is 100 cm³/mol. The van der Waals surface area contributed by atoms with Crippen molar-refractivity contribution in [3.8, 4) is 0 Å². The summed E-state index contributed by atoms with van der Waals surface area (Å²) in [7, 11) is -3.86. The third kappa shape index (κ3) is 4.07. The first-order valence-electron chi connectivity index (χ1n) is 7.59. The number of hydrogen-bond donors (Lipinski definition) is 2. The van der Waals surface area contributed by atoms with Crippen molar-refractivity contribution in [2.45, 2.75) is 11.8 Å². The summed E-state index contributed by atoms with van der Waals surface area (Å²) in [5, 5.41) is 3.03. The molecule has 3 aromatic rings. The van der Waals surface area contributed by atoms with Gasteiger partial charge in [0.25, 0.3) is 15.9 Å². The van der Waals surface area contributed by atoms with Crippen molar-refractivity contribution in [3.05, 3.63) is 77.2 Å². The molecule has 0 atom stereocenters. The Kier molecular flexibility index (Phi) is 5.01. The predicted octanol–water partition coefficient (Wildman–Crippen LogP) is 4.29. The van der Waals surface area contributed by atoms with E-state index < -0.39 is 15.9 Å². The summed E-state index contributed by atoms with van der Waals surface area (Å²) in [6.45, 7) is 1.67. The van der Waals surface area contributed by atoms with Crippen LogP contribution in [-0.2, 0) is 10.0 Å². The number of amides is 1. The second-order valence-corrected chi connectivity index (χ2v) is 7.61. The van der Waals surface area contributed by atoms with Crippen LogP contribution in [0, 0.1) is 6.92 Å². The van der Waals surface area contributed by atoms with Crippen LogP contribution >= 0.6 is 11.6 Å². The van der Waals surface area contributed by atoms with Gasteiger partial charge in [0.05, 0.1) is 16.8 Å². The molecule has 0 aliphatic rings. The van der Waals surface area contributed by atoms with E-state index in [0.717, 1.165) is 0 Å². The van der Waals surface area contributed by atoms with Gasteiger partial charge in [-0.25, -0.2) is 8.42 Å². The van der Waals surface area contributed by atoms with Gasteiger partial charge in [-0.05, 0) is 55.0 Å². The fraction of sp³-hybridized carbons (Fsp3) is 0.0556. The smallest absolute Gasteiger partial charge is 0.291 e. The number of rotatable bonds is 5. The topological polar surface area (TPSA) is 88.4 Å². The Bertz CT molecular complexity index is 1050. The minimum Gasteiger partial charge on any atom is -0.459 e. The number of aryl methyl sites for hydroxylation is 1. The SMILES string of the molecule is Cc1ccc(NC(=O)c2ccco2)cc1S(=O)(=O)Nc1cccc(Cl)c1. The highest BCUT2D eigenvalue weighted by molar-refractivity contribution is 7.92. The highest BCUT2D eigenvalue weighted by atomic mass is 35.5. The number of carbonyl (C=O) groups excluding carboxylic acids is 1. The first-order valence-corrected chi connectivity index (χ1v) is 9.45. The maximum atomic E-state index is 12.7. The molecule has 0 bridgehead atoms. The molecule has 0 fully saturated rings. The van der Waals surface area contributed by atoms with E-state index in [9.17, 15) is 13.2 Å². The van der Waals surface area contributed by atoms with Crippen LogP contribution in [-0.4, -0.2) is 14.3 Å². The molecule has 0 radical (unpaired) electrons. The molecule has 1 amide bonds. The fourth-order valence-electron chi connectivity index (χ4n) is 2.33. The molecule has 3 rings (SSSR count). The maximum Gasteiger partial charge on any atom is 0.291 e. The Balaban J connectivity index is 1.88. The molecular weight excluding hydrogens is 376 g/mol. The van der Waals surface area contributed by atoms with Crippen LogP contribution in [0.3, 0.4) is 0 Å². The van der Waals surface area contributed by atoms with E-state index in [1.807, 2.05) is 0 Å². The van der Waals surface area contributed by atoms with Crippen LogP contribution < -0.4 is 10.0 Å². The van der Waals surface area contributed by atoms with Gasteiger partial charge < -0.3 is 9.73 Å². The van der Waals surface area contributed by atoms with Crippen molar-refractivity contribution in [3.63, 3.8) is 0 Å². The summed E-state index contributed by atoms with van der Waals surface area (Å²) < 4.78 is 32.9. The van der Waals surface area contributed by atoms with Gasteiger partial charge in [0, 0.05) is 10.7 Å². The van der Waals surface area contributed by atoms with Crippen LogP contribution in [0.15, 0.2) is 70.2 Å². The van der Waals surface area contributed by atoms with Gasteiger partial charge >= 0.3 is 0 Å². The number of sulfonamides is 1. The number of benzene rings is 2. The van der Waals surface area contributed by atoms with E-state index in [-0.39, 0.29) is 10.7 Å². The Morgan fingerprint density at radius 1 is 1.04 bits per heavy atom. The van der Waals surface area contributed by atoms with Gasteiger partial charge in [0.2, 0.25) is 0 Å². The van der Waals surface area contributed by atoms with Crippen molar-refractivity contribution in [1.29, 1.82) is 0 Å². The van der Waals surface area contributed by atoms with E-state index in [4.69, 9.17) is 16.0 Å². The summed E-state index contributed by atoms with van der Waals surface area (Å²) in [6.07, 6.45) is 1.38.